The summed E-state index contributed by atoms with van der Waals surface area (Å²) in [7, 11) is 0. The van der Waals surface area contributed by atoms with Gasteiger partial charge in [-0.2, -0.15) is 0 Å². The number of fused-ring (bicyclic) bond motifs is 2. The second-order valence-electron chi connectivity index (χ2n) is 10.9. The number of anilines is 1. The number of hydrogen-bond acceptors (Lipinski definition) is 3. The van der Waals surface area contributed by atoms with Crippen LogP contribution in [0.15, 0.2) is 36.4 Å². The minimum absolute atomic E-state index is 0.0746. The maximum Gasteiger partial charge on any atom is 0.303 e. The summed E-state index contributed by atoms with van der Waals surface area (Å²) in [5, 5.41) is 13.1. The molecule has 4 rings (SSSR count). The van der Waals surface area contributed by atoms with Crippen LogP contribution in [0, 0.1) is 18.2 Å². The molecule has 0 aromatic heterocycles. The van der Waals surface area contributed by atoms with Gasteiger partial charge in [0.2, 0.25) is 0 Å². The molecule has 2 aliphatic heterocycles. The standard InChI is InChI=1S/C27H34ClFN2O2/c1-17-10-11-19-22(13-17)31(12-6-9-24(32)33)16-27(19)20(15-30-23(27)14-26(2,3)4)18-7-5-8-21(28)25(18)29/h5,7-8,10-11,13,20,23,30H,6,9,12,14-16H2,1-4H3,(H,32,33)/t20-,23+,27-/m1/s1. The number of carbonyl (C=O) groups is 1. The highest BCUT2D eigenvalue weighted by Gasteiger charge is 2.57. The number of carboxylic acids is 1. The number of aliphatic carboxylic acids is 1. The summed E-state index contributed by atoms with van der Waals surface area (Å²) >= 11 is 6.22. The van der Waals surface area contributed by atoms with E-state index in [1.807, 2.05) is 12.1 Å². The van der Waals surface area contributed by atoms with E-state index < -0.39 is 5.97 Å². The molecule has 2 aliphatic rings. The molecule has 2 N–H and O–H groups in total. The first-order valence-corrected chi connectivity index (χ1v) is 12.2. The molecule has 33 heavy (non-hydrogen) atoms. The summed E-state index contributed by atoms with van der Waals surface area (Å²) in [6.45, 7) is 10.9. The van der Waals surface area contributed by atoms with Gasteiger partial charge in [0.05, 0.1) is 5.02 Å². The van der Waals surface area contributed by atoms with Crippen molar-refractivity contribution in [1.29, 1.82) is 0 Å². The van der Waals surface area contributed by atoms with Crippen LogP contribution >= 0.6 is 11.6 Å². The number of hydrogen-bond donors (Lipinski definition) is 2. The maximum absolute atomic E-state index is 15.3. The molecule has 3 atom stereocenters. The van der Waals surface area contributed by atoms with Crippen molar-refractivity contribution < 1.29 is 14.3 Å². The van der Waals surface area contributed by atoms with Crippen LogP contribution in [0.2, 0.25) is 5.02 Å². The average molecular weight is 473 g/mol. The van der Waals surface area contributed by atoms with Crippen LogP contribution in [0.3, 0.4) is 0 Å². The molecule has 0 amide bonds. The summed E-state index contributed by atoms with van der Waals surface area (Å²) in [5.41, 5.74) is 3.96. The summed E-state index contributed by atoms with van der Waals surface area (Å²) in [5.74, 6) is -1.19. The van der Waals surface area contributed by atoms with Gasteiger partial charge in [-0.15, -0.1) is 0 Å². The number of nitrogens with zero attached hydrogens (tertiary/aromatic N) is 1. The Morgan fingerprint density at radius 2 is 2.06 bits per heavy atom. The van der Waals surface area contributed by atoms with E-state index >= 15 is 4.39 Å². The summed E-state index contributed by atoms with van der Waals surface area (Å²) in [6, 6.07) is 12.0. The monoisotopic (exact) mass is 472 g/mol. The Bertz CT molecular complexity index is 1050. The van der Waals surface area contributed by atoms with E-state index in [-0.39, 0.29) is 40.1 Å². The average Bonchev–Trinajstić information content (AvgIpc) is 3.21. The van der Waals surface area contributed by atoms with E-state index in [4.69, 9.17) is 16.7 Å². The molecule has 6 heteroatoms. The number of nitrogens with one attached hydrogen (secondary N) is 1. The van der Waals surface area contributed by atoms with Crippen LogP contribution in [-0.2, 0) is 10.2 Å². The molecule has 1 saturated heterocycles. The quantitative estimate of drug-likeness (QED) is 0.549. The minimum atomic E-state index is -0.777. The Hall–Kier alpha value is -2.11. The molecule has 2 aromatic rings. The lowest BCUT2D eigenvalue weighted by Crippen LogP contribution is -2.48. The largest absolute Gasteiger partial charge is 0.481 e. The predicted octanol–water partition coefficient (Wildman–Crippen LogP) is 5.90. The van der Waals surface area contributed by atoms with Gasteiger partial charge < -0.3 is 15.3 Å². The SMILES string of the molecule is Cc1ccc2c(c1)N(CCCC(=O)O)C[C@@]21[C@H](CC(C)(C)C)NC[C@@H]1c1cccc(Cl)c1F. The zero-order chi connectivity index (χ0) is 24.0. The van der Waals surface area contributed by atoms with Crippen LogP contribution in [0.4, 0.5) is 10.1 Å². The van der Waals surface area contributed by atoms with Gasteiger partial charge >= 0.3 is 5.97 Å². The Labute approximate surface area is 201 Å². The molecule has 0 saturated carbocycles. The topological polar surface area (TPSA) is 52.6 Å². The van der Waals surface area contributed by atoms with Gasteiger partial charge in [-0.3, -0.25) is 4.79 Å². The maximum atomic E-state index is 15.3. The summed E-state index contributed by atoms with van der Waals surface area (Å²) in [4.78, 5) is 13.5. The van der Waals surface area contributed by atoms with Gasteiger partial charge in [-0.05, 0) is 54.0 Å². The van der Waals surface area contributed by atoms with Crippen molar-refractivity contribution in [3.63, 3.8) is 0 Å². The second-order valence-corrected chi connectivity index (χ2v) is 11.3. The molecule has 1 fully saturated rings. The fourth-order valence-corrected chi connectivity index (χ4v) is 6.09. The molecule has 4 nitrogen and oxygen atoms in total. The number of benzene rings is 2. The third-order valence-electron chi connectivity index (χ3n) is 7.25. The van der Waals surface area contributed by atoms with Gasteiger partial charge in [0.15, 0.2) is 0 Å². The zero-order valence-electron chi connectivity index (χ0n) is 19.9. The molecule has 1 spiro atoms. The van der Waals surface area contributed by atoms with Crippen molar-refractivity contribution in [3.8, 4) is 0 Å². The van der Waals surface area contributed by atoms with Crippen LogP contribution in [0.1, 0.15) is 62.6 Å². The molecular weight excluding hydrogens is 439 g/mol. The van der Waals surface area contributed by atoms with E-state index in [0.29, 0.717) is 25.1 Å². The molecule has 178 valence electrons. The van der Waals surface area contributed by atoms with Crippen molar-refractivity contribution >= 4 is 23.3 Å². The number of rotatable bonds is 6. The first kappa shape index (κ1) is 24.0. The van der Waals surface area contributed by atoms with E-state index in [1.54, 1.807) is 6.07 Å². The van der Waals surface area contributed by atoms with E-state index in [1.165, 1.54) is 5.56 Å². The van der Waals surface area contributed by atoms with Gasteiger partial charge in [0.25, 0.3) is 0 Å². The van der Waals surface area contributed by atoms with Crippen LogP contribution in [0.25, 0.3) is 0 Å². The van der Waals surface area contributed by atoms with Gasteiger partial charge in [0.1, 0.15) is 5.82 Å². The lowest BCUT2D eigenvalue weighted by atomic mass is 9.64. The van der Waals surface area contributed by atoms with Crippen molar-refractivity contribution in [2.75, 3.05) is 24.5 Å². The van der Waals surface area contributed by atoms with E-state index in [9.17, 15) is 4.79 Å². The first-order chi connectivity index (χ1) is 15.5. The Morgan fingerprint density at radius 1 is 1.30 bits per heavy atom. The third-order valence-corrected chi connectivity index (χ3v) is 7.54. The molecule has 2 aromatic carbocycles. The van der Waals surface area contributed by atoms with Gasteiger partial charge in [0, 0.05) is 49.1 Å². The molecule has 2 heterocycles. The highest BCUT2D eigenvalue weighted by Crippen LogP contribution is 2.56. The smallest absolute Gasteiger partial charge is 0.303 e. The highest BCUT2D eigenvalue weighted by molar-refractivity contribution is 6.30. The van der Waals surface area contributed by atoms with E-state index in [2.05, 4.69) is 56.1 Å². The second kappa shape index (κ2) is 8.92. The third kappa shape index (κ3) is 4.50. The fraction of sp³-hybridized carbons (Fsp3) is 0.519. The van der Waals surface area contributed by atoms with Crippen molar-refractivity contribution in [2.24, 2.45) is 5.41 Å². The highest BCUT2D eigenvalue weighted by atomic mass is 35.5. The van der Waals surface area contributed by atoms with Crippen LogP contribution < -0.4 is 10.2 Å². The molecule has 0 radical (unpaired) electrons. The molecule has 0 aliphatic carbocycles. The fourth-order valence-electron chi connectivity index (χ4n) is 5.91. The molecule has 0 bridgehead atoms. The number of halogens is 2. The molecular formula is C27H34ClFN2O2. The zero-order valence-corrected chi connectivity index (χ0v) is 20.7. The lowest BCUT2D eigenvalue weighted by molar-refractivity contribution is -0.137. The Kier molecular flexibility index (Phi) is 6.49. The number of aryl methyl sites for hydroxylation is 1. The Balaban J connectivity index is 1.84. The van der Waals surface area contributed by atoms with Crippen molar-refractivity contribution in [2.45, 2.75) is 64.3 Å². The normalized spacial score (nSPS) is 24.5. The van der Waals surface area contributed by atoms with E-state index in [0.717, 1.165) is 24.2 Å². The predicted molar refractivity (Wildman–Crippen MR) is 132 cm³/mol. The molecule has 0 unspecified atom stereocenters. The number of carboxylic acid groups (broad SMARTS) is 1. The Morgan fingerprint density at radius 3 is 2.76 bits per heavy atom. The summed E-state index contributed by atoms with van der Waals surface area (Å²) < 4.78 is 15.3. The van der Waals surface area contributed by atoms with Crippen molar-refractivity contribution in [3.05, 3.63) is 63.9 Å². The summed E-state index contributed by atoms with van der Waals surface area (Å²) in [6.07, 6.45) is 1.66. The van der Waals surface area contributed by atoms with Crippen LogP contribution in [-0.4, -0.2) is 36.8 Å². The lowest BCUT2D eigenvalue weighted by Gasteiger charge is -2.40. The van der Waals surface area contributed by atoms with Crippen LogP contribution in [0.5, 0.6) is 0 Å². The van der Waals surface area contributed by atoms with Crippen molar-refractivity contribution in [1.82, 2.24) is 5.32 Å². The van der Waals surface area contributed by atoms with Gasteiger partial charge in [-0.25, -0.2) is 4.39 Å². The minimum Gasteiger partial charge on any atom is -0.481 e. The first-order valence-electron chi connectivity index (χ1n) is 11.8. The van der Waals surface area contributed by atoms with Gasteiger partial charge in [-0.1, -0.05) is 56.6 Å².